The van der Waals surface area contributed by atoms with E-state index in [1.807, 2.05) is 0 Å². The molecule has 1 heterocycles. The van der Waals surface area contributed by atoms with Crippen LogP contribution in [0.25, 0.3) is 0 Å². The lowest BCUT2D eigenvalue weighted by Gasteiger charge is -2.14. The minimum atomic E-state index is -0.655. The van der Waals surface area contributed by atoms with Crippen molar-refractivity contribution in [1.29, 1.82) is 0 Å². The molecular weight excluding hydrogens is 220 g/mol. The Morgan fingerprint density at radius 3 is 2.59 bits per heavy atom. The third-order valence-electron chi connectivity index (χ3n) is 2.89. The molecule has 0 atom stereocenters. The van der Waals surface area contributed by atoms with Crippen LogP contribution < -0.4 is 0 Å². The van der Waals surface area contributed by atoms with Gasteiger partial charge in [-0.2, -0.15) is 4.98 Å². The molecule has 1 aliphatic carbocycles. The number of ether oxygens (including phenoxy) is 1. The first-order valence-electron chi connectivity index (χ1n) is 5.79. The van der Waals surface area contributed by atoms with Gasteiger partial charge in [0.15, 0.2) is 5.82 Å². The Labute approximate surface area is 101 Å². The lowest BCUT2D eigenvalue weighted by atomic mass is 9.92. The van der Waals surface area contributed by atoms with Gasteiger partial charge in [0.25, 0.3) is 0 Å². The van der Waals surface area contributed by atoms with Gasteiger partial charge in [-0.05, 0) is 18.3 Å². The van der Waals surface area contributed by atoms with E-state index in [0.29, 0.717) is 11.7 Å². The van der Waals surface area contributed by atoms with E-state index < -0.39 is 5.41 Å². The van der Waals surface area contributed by atoms with E-state index in [1.54, 1.807) is 0 Å². The van der Waals surface area contributed by atoms with Crippen LogP contribution in [-0.2, 0) is 21.4 Å². The van der Waals surface area contributed by atoms with Crippen LogP contribution in [0.2, 0.25) is 0 Å². The number of methoxy groups -OCH3 is 1. The van der Waals surface area contributed by atoms with Gasteiger partial charge >= 0.3 is 5.97 Å². The van der Waals surface area contributed by atoms with E-state index in [9.17, 15) is 4.79 Å². The molecule has 0 saturated heterocycles. The van der Waals surface area contributed by atoms with Crippen molar-refractivity contribution in [2.45, 2.75) is 45.4 Å². The highest BCUT2D eigenvalue weighted by molar-refractivity contribution is 5.85. The highest BCUT2D eigenvalue weighted by Crippen LogP contribution is 2.48. The molecule has 0 N–H and O–H groups in total. The Kier molecular flexibility index (Phi) is 2.72. The summed E-state index contributed by atoms with van der Waals surface area (Å²) in [4.78, 5) is 16.0. The van der Waals surface area contributed by atoms with E-state index in [0.717, 1.165) is 19.3 Å². The van der Waals surface area contributed by atoms with Gasteiger partial charge < -0.3 is 9.26 Å². The van der Waals surface area contributed by atoms with Crippen molar-refractivity contribution in [1.82, 2.24) is 10.1 Å². The molecule has 1 aromatic heterocycles. The summed E-state index contributed by atoms with van der Waals surface area (Å²) < 4.78 is 9.97. The van der Waals surface area contributed by atoms with Gasteiger partial charge in [0.1, 0.15) is 5.41 Å². The number of rotatable bonds is 3. The second kappa shape index (κ2) is 3.82. The molecule has 17 heavy (non-hydrogen) atoms. The van der Waals surface area contributed by atoms with E-state index in [-0.39, 0.29) is 11.4 Å². The predicted molar refractivity (Wildman–Crippen MR) is 60.4 cm³/mol. The number of carbonyl (C=O) groups excluding carboxylic acids is 1. The monoisotopic (exact) mass is 238 g/mol. The highest BCUT2D eigenvalue weighted by Gasteiger charge is 2.57. The van der Waals surface area contributed by atoms with Crippen molar-refractivity contribution in [3.05, 3.63) is 11.7 Å². The van der Waals surface area contributed by atoms with Crippen LogP contribution in [0, 0.1) is 5.41 Å². The number of carbonyl (C=O) groups is 1. The molecule has 0 amide bonds. The lowest BCUT2D eigenvalue weighted by molar-refractivity contribution is -0.144. The summed E-state index contributed by atoms with van der Waals surface area (Å²) >= 11 is 0. The molecule has 0 unspecified atom stereocenters. The largest absolute Gasteiger partial charge is 0.468 e. The number of esters is 1. The van der Waals surface area contributed by atoms with Gasteiger partial charge in [0.05, 0.1) is 7.11 Å². The summed E-state index contributed by atoms with van der Waals surface area (Å²) in [6.07, 6.45) is 2.20. The quantitative estimate of drug-likeness (QED) is 0.752. The Morgan fingerprint density at radius 2 is 2.12 bits per heavy atom. The molecule has 0 aromatic carbocycles. The highest BCUT2D eigenvalue weighted by atomic mass is 16.5. The smallest absolute Gasteiger partial charge is 0.321 e. The van der Waals surface area contributed by atoms with Crippen LogP contribution in [0.1, 0.15) is 45.3 Å². The zero-order valence-corrected chi connectivity index (χ0v) is 10.7. The van der Waals surface area contributed by atoms with Crippen molar-refractivity contribution < 1.29 is 14.1 Å². The van der Waals surface area contributed by atoms with E-state index in [1.165, 1.54) is 7.11 Å². The Balaban J connectivity index is 2.17. The molecule has 0 radical (unpaired) electrons. The topological polar surface area (TPSA) is 65.2 Å². The average molecular weight is 238 g/mol. The fourth-order valence-electron chi connectivity index (χ4n) is 1.82. The fraction of sp³-hybridized carbons (Fsp3) is 0.750. The molecule has 1 saturated carbocycles. The van der Waals surface area contributed by atoms with Gasteiger partial charge in [-0.1, -0.05) is 25.9 Å². The molecule has 0 bridgehead atoms. The first-order chi connectivity index (χ1) is 7.87. The second-order valence-corrected chi connectivity index (χ2v) is 5.83. The summed E-state index contributed by atoms with van der Waals surface area (Å²) in [7, 11) is 1.38. The molecule has 5 nitrogen and oxygen atoms in total. The number of hydrogen-bond donors (Lipinski definition) is 0. The minimum Gasteiger partial charge on any atom is -0.468 e. The summed E-state index contributed by atoms with van der Waals surface area (Å²) in [5, 5.41) is 3.93. The van der Waals surface area contributed by atoms with Gasteiger partial charge in [-0.3, -0.25) is 4.79 Å². The molecular formula is C12H18N2O3. The summed E-state index contributed by atoms with van der Waals surface area (Å²) in [6, 6.07) is 0. The van der Waals surface area contributed by atoms with Crippen molar-refractivity contribution in [3.8, 4) is 0 Å². The summed E-state index contributed by atoms with van der Waals surface area (Å²) in [5.74, 6) is 0.787. The molecule has 5 heteroatoms. The zero-order chi connectivity index (χ0) is 12.7. The second-order valence-electron chi connectivity index (χ2n) is 5.83. The number of hydrogen-bond acceptors (Lipinski definition) is 5. The molecule has 0 spiro atoms. The first-order valence-corrected chi connectivity index (χ1v) is 5.79. The maximum absolute atomic E-state index is 11.6. The predicted octanol–water partition coefficient (Wildman–Crippen LogP) is 1.86. The third kappa shape index (κ3) is 2.33. The molecule has 2 rings (SSSR count). The van der Waals surface area contributed by atoms with Crippen LogP contribution in [0.4, 0.5) is 0 Å². The van der Waals surface area contributed by atoms with Crippen molar-refractivity contribution in [2.75, 3.05) is 7.11 Å². The third-order valence-corrected chi connectivity index (χ3v) is 2.89. The van der Waals surface area contributed by atoms with Crippen molar-refractivity contribution in [3.63, 3.8) is 0 Å². The van der Waals surface area contributed by atoms with Gasteiger partial charge in [-0.25, -0.2) is 0 Å². The molecule has 1 aliphatic rings. The van der Waals surface area contributed by atoms with Gasteiger partial charge in [-0.15, -0.1) is 0 Å². The first kappa shape index (κ1) is 12.1. The maximum Gasteiger partial charge on any atom is 0.321 e. The molecule has 1 aromatic rings. The summed E-state index contributed by atoms with van der Waals surface area (Å²) in [5.41, 5.74) is -0.555. The van der Waals surface area contributed by atoms with Crippen LogP contribution in [0.15, 0.2) is 4.52 Å². The average Bonchev–Trinajstić information content (AvgIpc) is 2.92. The fourth-order valence-corrected chi connectivity index (χ4v) is 1.82. The number of aromatic nitrogens is 2. The maximum atomic E-state index is 11.6. The van der Waals surface area contributed by atoms with E-state index in [4.69, 9.17) is 9.26 Å². The lowest BCUT2D eigenvalue weighted by Crippen LogP contribution is -2.22. The van der Waals surface area contributed by atoms with Gasteiger partial charge in [0, 0.05) is 6.42 Å². The standard InChI is InChI=1S/C12H18N2O3/c1-11(2,3)7-8-13-9(17-14-8)12(5-6-12)10(15)16-4/h5-7H2,1-4H3. The Morgan fingerprint density at radius 1 is 1.47 bits per heavy atom. The van der Waals surface area contributed by atoms with Crippen LogP contribution in [-0.4, -0.2) is 23.2 Å². The normalized spacial score (nSPS) is 17.9. The van der Waals surface area contributed by atoms with Crippen molar-refractivity contribution >= 4 is 5.97 Å². The Hall–Kier alpha value is -1.39. The van der Waals surface area contributed by atoms with Gasteiger partial charge in [0.2, 0.25) is 5.89 Å². The molecule has 1 fully saturated rings. The summed E-state index contributed by atoms with van der Waals surface area (Å²) in [6.45, 7) is 6.32. The van der Waals surface area contributed by atoms with Crippen LogP contribution in [0.5, 0.6) is 0 Å². The Bertz CT molecular complexity index is 427. The molecule has 0 aliphatic heterocycles. The van der Waals surface area contributed by atoms with E-state index in [2.05, 4.69) is 30.9 Å². The number of nitrogens with zero attached hydrogens (tertiary/aromatic N) is 2. The van der Waals surface area contributed by atoms with Crippen LogP contribution in [0.3, 0.4) is 0 Å². The van der Waals surface area contributed by atoms with E-state index >= 15 is 0 Å². The van der Waals surface area contributed by atoms with Crippen LogP contribution >= 0.6 is 0 Å². The molecule has 94 valence electrons. The van der Waals surface area contributed by atoms with Crippen molar-refractivity contribution in [2.24, 2.45) is 5.41 Å². The minimum absolute atomic E-state index is 0.100. The SMILES string of the molecule is COC(=O)C1(c2nc(CC(C)(C)C)no2)CC1. The zero-order valence-electron chi connectivity index (χ0n) is 10.7.